The number of unbranched alkanes of at least 4 members (excludes halogenated alkanes) is 1. The number of phenols is 2. The van der Waals surface area contributed by atoms with Crippen LogP contribution in [0.25, 0.3) is 0 Å². The number of thiocarbonyl (C=S) groups is 1. The first-order valence-electron chi connectivity index (χ1n) is 39.2. The summed E-state index contributed by atoms with van der Waals surface area (Å²) in [6, 6.07) is 4.52. The van der Waals surface area contributed by atoms with Crippen LogP contribution in [-0.4, -0.2) is 233 Å². The fraction of sp³-hybridized carbons (Fsp3) is 0.570. The molecule has 1 spiro atoms. The molecule has 33 heteroatoms. The smallest absolute Gasteiger partial charge is 0.340 e. The number of esters is 1. The van der Waals surface area contributed by atoms with Crippen molar-refractivity contribution >= 4 is 100.0 Å². The molecule has 32 nitrogen and oxygen atoms in total. The molecule has 0 aromatic heterocycles. The van der Waals surface area contributed by atoms with E-state index < -0.39 is 157 Å². The van der Waals surface area contributed by atoms with Crippen molar-refractivity contribution in [1.82, 2.24) is 51.1 Å². The highest BCUT2D eigenvalue weighted by Gasteiger charge is 2.54. The van der Waals surface area contributed by atoms with Gasteiger partial charge in [0.2, 0.25) is 59.1 Å². The number of nitrogens with zero attached hydrogens (tertiary/aromatic N) is 5. The first kappa shape index (κ1) is 85.6. The van der Waals surface area contributed by atoms with E-state index in [1.807, 2.05) is 0 Å². The van der Waals surface area contributed by atoms with Gasteiger partial charge >= 0.3 is 17.9 Å². The number of benzene rings is 3. The van der Waals surface area contributed by atoms with E-state index in [9.17, 15) is 87.9 Å². The van der Waals surface area contributed by atoms with Crippen molar-refractivity contribution in [3.8, 4) is 23.0 Å². The number of fused-ring (bicyclic) bond motifs is 9. The monoisotopic (exact) mass is 1570 g/mol. The lowest BCUT2D eigenvalue weighted by atomic mass is 9.77. The summed E-state index contributed by atoms with van der Waals surface area (Å²) in [5, 5.41) is 68.2. The molecule has 9 rings (SSSR count). The van der Waals surface area contributed by atoms with Gasteiger partial charge < -0.3 is 97.1 Å². The Hall–Kier alpha value is -10.4. The number of hydrogen-bond donors (Lipinski definition) is 12. The largest absolute Gasteiger partial charge is 0.508 e. The van der Waals surface area contributed by atoms with Crippen LogP contribution < -0.4 is 42.4 Å². The number of ether oxygens (including phenoxy) is 2. The van der Waals surface area contributed by atoms with Crippen molar-refractivity contribution in [1.29, 1.82) is 0 Å². The van der Waals surface area contributed by atoms with E-state index in [1.165, 1.54) is 62.6 Å². The number of carboxylic acid groups (broad SMARTS) is 2. The van der Waals surface area contributed by atoms with Gasteiger partial charge in [-0.3, -0.25) is 57.5 Å². The number of anilines is 1. The van der Waals surface area contributed by atoms with E-state index >= 15 is 0 Å². The standard InChI is InChI=1S/C79H106N12O20S/c1-48-73(105)91-42-22-25-61(91)76(108)90-41-21-23-59(90)70(102)85-57(33-35-67(98)99)74(106)88(46-64(80)95)39-19-15-13-11-9-7-5-3-4-6-8-10-12-14-18-38-87(47-65(96)84-58(34-36-68(100)101)75(107)89-40-20-24-60(89)71(103)86-69(49(2)92)72(104)82-48)66(97)26-16-17-37-81-78(112)83-50-27-30-53-56(43-50)79(111-77(53)109)54-31-28-51(93)44-62(54)110-63-45-52(94)29-32-55(63)79/h4,6,27-32,43-45,48-49,57-61,69,92-94H,3,5,7-26,33-42,46-47H2,1-2H3,(H2,80,95)(H,82,104)(H,84,96)(H,85,102)(H,86,103)(H,98,99)(H,100,101)(H2,81,83,112)/b6-4-/t48-,49+,57-,58-,59-,60-,61-,69-/m0/s1. The van der Waals surface area contributed by atoms with Gasteiger partial charge in [-0.15, -0.1) is 0 Å². The third kappa shape index (κ3) is 22.4. The van der Waals surface area contributed by atoms with E-state index in [0.717, 1.165) is 64.2 Å². The second-order valence-corrected chi connectivity index (χ2v) is 30.1. The van der Waals surface area contributed by atoms with Gasteiger partial charge in [-0.25, -0.2) is 4.79 Å². The minimum atomic E-state index is -1.70. The fourth-order valence-corrected chi connectivity index (χ4v) is 15.8. The number of aliphatic hydroxyl groups excluding tert-OH is 1. The number of carbonyl (C=O) groups is 13. The summed E-state index contributed by atoms with van der Waals surface area (Å²) in [7, 11) is 0. The average molecular weight is 1580 g/mol. The molecule has 6 aliphatic rings. The zero-order valence-electron chi connectivity index (χ0n) is 63.6. The van der Waals surface area contributed by atoms with Crippen molar-refractivity contribution in [2.45, 2.75) is 235 Å². The van der Waals surface area contributed by atoms with Crippen molar-refractivity contribution in [3.05, 3.63) is 89.0 Å². The normalized spacial score (nSPS) is 23.8. The molecule has 6 aliphatic heterocycles. The Bertz CT molecular complexity index is 3950. The maximum Gasteiger partial charge on any atom is 0.340 e. The summed E-state index contributed by atoms with van der Waals surface area (Å²) in [5.41, 5.74) is 6.20. The first-order valence-corrected chi connectivity index (χ1v) is 39.6. The Morgan fingerprint density at radius 1 is 0.589 bits per heavy atom. The Morgan fingerprint density at radius 3 is 1.71 bits per heavy atom. The zero-order valence-corrected chi connectivity index (χ0v) is 64.4. The second kappa shape index (κ2) is 40.7. The Morgan fingerprint density at radius 2 is 1.12 bits per heavy atom. The average Bonchev–Trinajstić information content (AvgIpc) is 1.49. The maximum atomic E-state index is 14.6. The molecule has 13 N–H and O–H groups in total. The molecule has 0 bridgehead atoms. The summed E-state index contributed by atoms with van der Waals surface area (Å²) in [4.78, 5) is 185. The van der Waals surface area contributed by atoms with Crippen LogP contribution in [0.5, 0.6) is 23.0 Å². The lowest BCUT2D eigenvalue weighted by Gasteiger charge is -2.36. The van der Waals surface area contributed by atoms with Gasteiger partial charge in [-0.2, -0.15) is 0 Å². The predicted octanol–water partition coefficient (Wildman–Crippen LogP) is 4.95. The first-order chi connectivity index (χ1) is 53.6. The van der Waals surface area contributed by atoms with E-state index in [-0.39, 0.29) is 111 Å². The van der Waals surface area contributed by atoms with Gasteiger partial charge in [0, 0.05) is 93.0 Å². The van der Waals surface area contributed by atoms with Crippen LogP contribution in [0.15, 0.2) is 66.7 Å². The topological polar surface area (TPSA) is 456 Å². The molecule has 3 aromatic carbocycles. The Labute approximate surface area is 655 Å². The van der Waals surface area contributed by atoms with Gasteiger partial charge in [0.1, 0.15) is 65.3 Å². The molecule has 608 valence electrons. The van der Waals surface area contributed by atoms with Crippen LogP contribution in [0, 0.1) is 0 Å². The SMILES string of the molecule is C[C@@H]1NC(=O)[C@H]([C@@H](C)O)NC(=O)[C@@H]2CCCN2C(=O)[C@H](CCC(=O)O)NC(=O)CN(C(=O)CCCCNC(=S)Nc2ccc3c(c2)C2(OC3=O)c3ccc(O)cc3Oc3cc(O)ccc32)CCCCCC/C=C\CCCCCCCCCN(CC(N)=O)C(=O)[C@H](CCC(=O)O)NC(=O)[C@@H]2CCCN2C(=O)[C@@H]2CCCN2C1=O. The van der Waals surface area contributed by atoms with Crippen LogP contribution in [-0.2, 0) is 67.9 Å². The molecule has 0 saturated carbocycles. The molecule has 0 aliphatic carbocycles. The highest BCUT2D eigenvalue weighted by molar-refractivity contribution is 7.80. The summed E-state index contributed by atoms with van der Waals surface area (Å²) in [5.74, 6) is -10.1. The van der Waals surface area contributed by atoms with E-state index in [2.05, 4.69) is 44.1 Å². The number of primary amides is 1. The van der Waals surface area contributed by atoms with Crippen molar-refractivity contribution in [2.24, 2.45) is 5.73 Å². The van der Waals surface area contributed by atoms with Gasteiger partial charge in [-0.1, -0.05) is 57.1 Å². The number of aliphatic carboxylic acids is 2. The molecule has 112 heavy (non-hydrogen) atoms. The molecule has 3 aromatic rings. The number of aromatic hydroxyl groups is 2. The quantitative estimate of drug-likeness (QED) is 0.0414. The molecular weight excluding hydrogens is 1470 g/mol. The molecule has 3 saturated heterocycles. The van der Waals surface area contributed by atoms with Crippen LogP contribution in [0.4, 0.5) is 5.69 Å². The number of phenolic OH excluding ortho intramolecular Hbond substituents is 2. The summed E-state index contributed by atoms with van der Waals surface area (Å²) < 4.78 is 12.3. The number of nitrogens with one attached hydrogen (secondary N) is 6. The Balaban J connectivity index is 0.852. The molecule has 0 unspecified atom stereocenters. The summed E-state index contributed by atoms with van der Waals surface area (Å²) in [6.07, 6.45) is 13.8. The number of carboxylic acids is 2. The summed E-state index contributed by atoms with van der Waals surface area (Å²) >= 11 is 5.70. The molecule has 6 heterocycles. The van der Waals surface area contributed by atoms with Crippen LogP contribution >= 0.6 is 12.2 Å². The number of hydrogen-bond acceptors (Lipinski definition) is 19. The van der Waals surface area contributed by atoms with E-state index in [0.29, 0.717) is 73.9 Å². The van der Waals surface area contributed by atoms with E-state index in [4.69, 9.17) is 27.4 Å². The van der Waals surface area contributed by atoms with Gasteiger partial charge in [-0.05, 0) is 171 Å². The van der Waals surface area contributed by atoms with Crippen LogP contribution in [0.1, 0.15) is 208 Å². The molecule has 8 atom stereocenters. The van der Waals surface area contributed by atoms with Gasteiger partial charge in [0.15, 0.2) is 10.7 Å². The Kier molecular flexibility index (Phi) is 31.1. The van der Waals surface area contributed by atoms with E-state index in [1.54, 1.807) is 30.3 Å². The highest BCUT2D eigenvalue weighted by atomic mass is 32.1. The predicted molar refractivity (Wildman–Crippen MR) is 411 cm³/mol. The minimum Gasteiger partial charge on any atom is -0.508 e. The number of carbonyl (C=O) groups excluding carboxylic acids is 11. The second-order valence-electron chi connectivity index (χ2n) is 29.7. The van der Waals surface area contributed by atoms with Gasteiger partial charge in [0.05, 0.1) is 24.8 Å². The van der Waals surface area contributed by atoms with Gasteiger partial charge in [0.25, 0.3) is 0 Å². The molecule has 3 fully saturated rings. The summed E-state index contributed by atoms with van der Waals surface area (Å²) in [6.45, 7) is 2.42. The van der Waals surface area contributed by atoms with Crippen LogP contribution in [0.2, 0.25) is 0 Å². The van der Waals surface area contributed by atoms with Crippen molar-refractivity contribution in [3.63, 3.8) is 0 Å². The highest BCUT2D eigenvalue weighted by Crippen LogP contribution is 2.57. The zero-order chi connectivity index (χ0) is 80.8. The lowest BCUT2D eigenvalue weighted by Crippen LogP contribution is -2.61. The molecular formula is C79H106N12O20S. The number of allylic oxidation sites excluding steroid dienone is 2. The third-order valence-electron chi connectivity index (χ3n) is 21.3. The number of aliphatic hydroxyl groups is 1. The number of rotatable bonds is 15. The van der Waals surface area contributed by atoms with Crippen LogP contribution in [0.3, 0.4) is 0 Å². The number of amides is 10. The maximum absolute atomic E-state index is 14.6. The fourth-order valence-electron chi connectivity index (χ4n) is 15.6. The van der Waals surface area contributed by atoms with Crippen molar-refractivity contribution in [2.75, 3.05) is 57.7 Å². The third-order valence-corrected chi connectivity index (χ3v) is 21.6. The molecule has 0 radical (unpaired) electrons. The number of nitrogens with two attached hydrogens (primary N) is 1. The minimum absolute atomic E-state index is 0.0130. The lowest BCUT2D eigenvalue weighted by molar-refractivity contribution is -0.148. The molecule has 10 amide bonds. The van der Waals surface area contributed by atoms with Crippen molar-refractivity contribution < 1.29 is 97.3 Å².